The molecule has 0 atom stereocenters. The molecule has 0 aliphatic carbocycles. The van der Waals surface area contributed by atoms with Crippen molar-refractivity contribution in [3.05, 3.63) is 39.4 Å². The van der Waals surface area contributed by atoms with E-state index in [-0.39, 0.29) is 0 Å². The van der Waals surface area contributed by atoms with Gasteiger partial charge in [-0.05, 0) is 27.9 Å². The SMILES string of the molecule is C=C(N=[N+]=[N-])c1ccsc1. The second kappa shape index (κ2) is 3.06. The molecule has 0 saturated carbocycles. The molecule has 0 radical (unpaired) electrons. The van der Waals surface area contributed by atoms with E-state index in [1.54, 1.807) is 11.3 Å². The molecule has 0 aliphatic rings. The zero-order valence-corrected chi connectivity index (χ0v) is 6.01. The fourth-order valence-corrected chi connectivity index (χ4v) is 1.21. The van der Waals surface area contributed by atoms with Gasteiger partial charge in [0.1, 0.15) is 0 Å². The Kier molecular flexibility index (Phi) is 2.10. The molecule has 1 heterocycles. The van der Waals surface area contributed by atoms with Gasteiger partial charge in [-0.15, -0.1) is 0 Å². The van der Waals surface area contributed by atoms with Crippen molar-refractivity contribution in [2.24, 2.45) is 5.11 Å². The first kappa shape index (κ1) is 6.86. The largest absolute Gasteiger partial charge is 0.152 e. The van der Waals surface area contributed by atoms with E-state index in [2.05, 4.69) is 16.6 Å². The van der Waals surface area contributed by atoms with Gasteiger partial charge in [-0.25, -0.2) is 0 Å². The summed E-state index contributed by atoms with van der Waals surface area (Å²) in [6, 6.07) is 1.86. The molecule has 0 saturated heterocycles. The van der Waals surface area contributed by atoms with Gasteiger partial charge >= 0.3 is 0 Å². The molecule has 0 fully saturated rings. The third-order valence-corrected chi connectivity index (χ3v) is 1.70. The summed E-state index contributed by atoms with van der Waals surface area (Å²) in [4.78, 5) is 2.62. The lowest BCUT2D eigenvalue weighted by molar-refractivity contribution is 1.52. The average molecular weight is 151 g/mol. The van der Waals surface area contributed by atoms with Crippen molar-refractivity contribution in [3.63, 3.8) is 0 Å². The predicted octanol–water partition coefficient (Wildman–Crippen LogP) is 3.03. The lowest BCUT2D eigenvalue weighted by atomic mass is 10.3. The van der Waals surface area contributed by atoms with Crippen LogP contribution in [-0.2, 0) is 0 Å². The number of nitrogens with zero attached hydrogens (tertiary/aromatic N) is 3. The van der Waals surface area contributed by atoms with Gasteiger partial charge in [-0.1, -0.05) is 11.7 Å². The first-order valence-corrected chi connectivity index (χ1v) is 3.55. The number of hydrogen-bond acceptors (Lipinski definition) is 2. The van der Waals surface area contributed by atoms with Gasteiger partial charge in [0.15, 0.2) is 0 Å². The van der Waals surface area contributed by atoms with Crippen molar-refractivity contribution < 1.29 is 0 Å². The van der Waals surface area contributed by atoms with Crippen LogP contribution < -0.4 is 0 Å². The molecule has 3 nitrogen and oxygen atoms in total. The predicted molar refractivity (Wildman–Crippen MR) is 42.5 cm³/mol. The van der Waals surface area contributed by atoms with Gasteiger partial charge < -0.3 is 0 Å². The van der Waals surface area contributed by atoms with Crippen molar-refractivity contribution in [3.8, 4) is 0 Å². The fraction of sp³-hybridized carbons (Fsp3) is 0. The van der Waals surface area contributed by atoms with Gasteiger partial charge in [-0.3, -0.25) is 0 Å². The quantitative estimate of drug-likeness (QED) is 0.354. The van der Waals surface area contributed by atoms with Crippen LogP contribution in [0.4, 0.5) is 0 Å². The van der Waals surface area contributed by atoms with E-state index in [0.29, 0.717) is 5.70 Å². The van der Waals surface area contributed by atoms with Crippen molar-refractivity contribution in [2.75, 3.05) is 0 Å². The molecule has 0 unspecified atom stereocenters. The van der Waals surface area contributed by atoms with E-state index in [1.807, 2.05) is 16.8 Å². The van der Waals surface area contributed by atoms with Crippen molar-refractivity contribution in [1.82, 2.24) is 0 Å². The minimum Gasteiger partial charge on any atom is -0.152 e. The zero-order chi connectivity index (χ0) is 7.40. The van der Waals surface area contributed by atoms with Crippen LogP contribution in [0.5, 0.6) is 0 Å². The molecule has 50 valence electrons. The molecule has 0 bridgehead atoms. The van der Waals surface area contributed by atoms with E-state index in [4.69, 9.17) is 5.53 Å². The molecule has 1 rings (SSSR count). The molecule has 0 aromatic carbocycles. The van der Waals surface area contributed by atoms with Crippen LogP contribution in [0.1, 0.15) is 5.56 Å². The van der Waals surface area contributed by atoms with Gasteiger partial charge in [0.05, 0.1) is 0 Å². The number of azide groups is 1. The molecule has 4 heteroatoms. The van der Waals surface area contributed by atoms with Crippen LogP contribution in [0, 0.1) is 0 Å². The summed E-state index contributed by atoms with van der Waals surface area (Å²) >= 11 is 1.55. The van der Waals surface area contributed by atoms with E-state index in [1.165, 1.54) is 0 Å². The first-order valence-electron chi connectivity index (χ1n) is 2.61. The van der Waals surface area contributed by atoms with Gasteiger partial charge in [0, 0.05) is 10.6 Å². The molecule has 1 aromatic heterocycles. The summed E-state index contributed by atoms with van der Waals surface area (Å²) in [7, 11) is 0. The van der Waals surface area contributed by atoms with Crippen molar-refractivity contribution in [1.29, 1.82) is 0 Å². The van der Waals surface area contributed by atoms with Gasteiger partial charge in [0.2, 0.25) is 0 Å². The minimum absolute atomic E-state index is 0.476. The number of thiophene rings is 1. The summed E-state index contributed by atoms with van der Waals surface area (Å²) in [5, 5.41) is 7.16. The van der Waals surface area contributed by atoms with Crippen LogP contribution >= 0.6 is 11.3 Å². The maximum atomic E-state index is 8.04. The Labute approximate surface area is 62.2 Å². The highest BCUT2D eigenvalue weighted by atomic mass is 32.1. The molecule has 0 aliphatic heterocycles. The third-order valence-electron chi connectivity index (χ3n) is 1.02. The number of rotatable bonds is 2. The first-order chi connectivity index (χ1) is 4.84. The van der Waals surface area contributed by atoms with Crippen LogP contribution in [0.15, 0.2) is 28.5 Å². The normalized spacial score (nSPS) is 8.40. The smallest absolute Gasteiger partial charge is 0.0384 e. The maximum absolute atomic E-state index is 8.04. The fourth-order valence-electron chi connectivity index (χ4n) is 0.540. The summed E-state index contributed by atoms with van der Waals surface area (Å²) in [6.07, 6.45) is 0. The molecule has 0 amide bonds. The topological polar surface area (TPSA) is 48.8 Å². The Morgan fingerprint density at radius 3 is 3.10 bits per heavy atom. The Balaban J connectivity index is 2.87. The van der Waals surface area contributed by atoms with E-state index in [9.17, 15) is 0 Å². The molecular formula is C6H5N3S. The van der Waals surface area contributed by atoms with E-state index >= 15 is 0 Å². The maximum Gasteiger partial charge on any atom is 0.0384 e. The minimum atomic E-state index is 0.476. The third kappa shape index (κ3) is 1.37. The van der Waals surface area contributed by atoms with Gasteiger partial charge in [-0.2, -0.15) is 11.3 Å². The van der Waals surface area contributed by atoms with Crippen LogP contribution in [-0.4, -0.2) is 0 Å². The highest BCUT2D eigenvalue weighted by molar-refractivity contribution is 7.08. The molecule has 0 N–H and O–H groups in total. The van der Waals surface area contributed by atoms with E-state index in [0.717, 1.165) is 5.56 Å². The summed E-state index contributed by atoms with van der Waals surface area (Å²) in [5.41, 5.74) is 9.40. The highest BCUT2D eigenvalue weighted by Gasteiger charge is 1.93. The van der Waals surface area contributed by atoms with Crippen LogP contribution in [0.25, 0.3) is 16.1 Å². The number of hydrogen-bond donors (Lipinski definition) is 0. The molecular weight excluding hydrogens is 146 g/mol. The summed E-state index contributed by atoms with van der Waals surface area (Å²) < 4.78 is 0. The summed E-state index contributed by atoms with van der Waals surface area (Å²) in [5.74, 6) is 0. The Bertz CT molecular complexity index is 269. The monoisotopic (exact) mass is 151 g/mol. The standard InChI is InChI=1S/C6H5N3S/c1-5(8-9-7)6-2-3-10-4-6/h2-4H,1H2. The van der Waals surface area contributed by atoms with E-state index < -0.39 is 0 Å². The average Bonchev–Trinajstić information content (AvgIpc) is 2.38. The molecule has 0 spiro atoms. The zero-order valence-electron chi connectivity index (χ0n) is 5.19. The summed E-state index contributed by atoms with van der Waals surface area (Å²) in [6.45, 7) is 3.57. The molecule has 10 heavy (non-hydrogen) atoms. The Morgan fingerprint density at radius 2 is 2.60 bits per heavy atom. The van der Waals surface area contributed by atoms with Crippen molar-refractivity contribution >= 4 is 17.0 Å². The van der Waals surface area contributed by atoms with Crippen molar-refractivity contribution in [2.45, 2.75) is 0 Å². The Hall–Kier alpha value is -1.25. The Morgan fingerprint density at radius 1 is 1.80 bits per heavy atom. The lowest BCUT2D eigenvalue weighted by Gasteiger charge is -1.87. The second-order valence-corrected chi connectivity index (χ2v) is 2.43. The highest BCUT2D eigenvalue weighted by Crippen LogP contribution is 2.16. The lowest BCUT2D eigenvalue weighted by Crippen LogP contribution is -1.67. The molecule has 1 aromatic rings. The van der Waals surface area contributed by atoms with Crippen LogP contribution in [0.2, 0.25) is 0 Å². The second-order valence-electron chi connectivity index (χ2n) is 1.65. The van der Waals surface area contributed by atoms with Gasteiger partial charge in [0.25, 0.3) is 0 Å². The van der Waals surface area contributed by atoms with Crippen LogP contribution in [0.3, 0.4) is 0 Å².